The average Bonchev–Trinajstić information content (AvgIpc) is 3.35. The average molecular weight is 1120 g/mol. The normalized spacial score (nSPS) is 14.5. The van der Waals surface area contributed by atoms with Crippen LogP contribution in [0.2, 0.25) is 0 Å². The van der Waals surface area contributed by atoms with E-state index < -0.39 is 170 Å². The molecule has 78 heavy (non-hydrogen) atoms. The summed E-state index contributed by atoms with van der Waals surface area (Å²) in [6.45, 7) is 7.93. The van der Waals surface area contributed by atoms with Crippen LogP contribution in [0.5, 0.6) is 0 Å². The molecule has 0 aromatic heterocycles. The van der Waals surface area contributed by atoms with Gasteiger partial charge in [0.25, 0.3) is 0 Å². The molecule has 28 nitrogen and oxygen atoms in total. The molecular formula is C49H78N12O16S. The highest BCUT2D eigenvalue weighted by Crippen LogP contribution is 2.12. The van der Waals surface area contributed by atoms with Crippen molar-refractivity contribution in [1.29, 1.82) is 5.41 Å². The Hall–Kier alpha value is -7.56. The number of carboxylic acids is 4. The number of amides is 8. The van der Waals surface area contributed by atoms with E-state index in [0.717, 1.165) is 0 Å². The Morgan fingerprint density at radius 2 is 0.962 bits per heavy atom. The van der Waals surface area contributed by atoms with Crippen molar-refractivity contribution in [3.63, 3.8) is 0 Å². The van der Waals surface area contributed by atoms with Crippen LogP contribution >= 0.6 is 11.8 Å². The first kappa shape index (κ1) is 68.5. The number of thioether (sulfide) groups is 1. The fourth-order valence-electron chi connectivity index (χ4n) is 7.36. The second-order valence-electron chi connectivity index (χ2n) is 19.2. The summed E-state index contributed by atoms with van der Waals surface area (Å²) < 4.78 is 0. The smallest absolute Gasteiger partial charge is 0.326 e. The Bertz CT molecular complexity index is 2240. The Labute approximate surface area is 456 Å². The SMILES string of the molecule is CSCC[C@H](N)C(=O)N[C@@H](CCC(=O)O)C(=O)N[C@@H](CCC(=O)O)C(=O)N[C@@H](CCC(=O)O)C(=O)N[C@@H](C)C(=O)N[C@H](C(=O)N[C@@H](CCCNC(=N)N)C(=O)N[C@@H](CC(C)C)C(=O)N[C@@H](Cc1ccccc1)C(=O)O)C(C)C. The maximum Gasteiger partial charge on any atom is 0.326 e. The van der Waals surface area contributed by atoms with Crippen LogP contribution in [-0.2, 0) is 64.0 Å². The zero-order chi connectivity index (χ0) is 59.2. The number of carboxylic acid groups (broad SMARTS) is 4. The van der Waals surface area contributed by atoms with Crippen molar-refractivity contribution >= 4 is 88.9 Å². The minimum atomic E-state index is -1.75. The topological polar surface area (TPSA) is 470 Å². The largest absolute Gasteiger partial charge is 0.481 e. The van der Waals surface area contributed by atoms with E-state index in [-0.39, 0.29) is 50.5 Å². The van der Waals surface area contributed by atoms with E-state index >= 15 is 0 Å². The molecule has 9 atom stereocenters. The third-order valence-corrected chi connectivity index (χ3v) is 12.3. The van der Waals surface area contributed by atoms with Crippen molar-refractivity contribution in [2.24, 2.45) is 23.3 Å². The minimum absolute atomic E-state index is 0.0596. The molecule has 0 bridgehead atoms. The zero-order valence-corrected chi connectivity index (χ0v) is 45.5. The van der Waals surface area contributed by atoms with Crippen molar-refractivity contribution in [2.75, 3.05) is 18.6 Å². The number of benzene rings is 1. The lowest BCUT2D eigenvalue weighted by molar-refractivity contribution is -0.142. The van der Waals surface area contributed by atoms with E-state index in [1.807, 2.05) is 0 Å². The van der Waals surface area contributed by atoms with E-state index in [2.05, 4.69) is 47.9 Å². The summed E-state index contributed by atoms with van der Waals surface area (Å²) in [5.74, 6) is -14.0. The van der Waals surface area contributed by atoms with Gasteiger partial charge in [0.15, 0.2) is 5.96 Å². The quantitative estimate of drug-likeness (QED) is 0.0191. The lowest BCUT2D eigenvalue weighted by Crippen LogP contribution is -2.60. The molecule has 0 aliphatic carbocycles. The molecule has 1 aromatic carbocycles. The number of nitrogens with two attached hydrogens (primary N) is 2. The van der Waals surface area contributed by atoms with Crippen molar-refractivity contribution in [3.05, 3.63) is 35.9 Å². The predicted octanol–water partition coefficient (Wildman–Crippen LogP) is -2.15. The number of rotatable bonds is 38. The summed E-state index contributed by atoms with van der Waals surface area (Å²) in [4.78, 5) is 156. The fraction of sp³-hybridized carbons (Fsp3) is 0.612. The van der Waals surface area contributed by atoms with Crippen LogP contribution in [0.1, 0.15) is 104 Å². The van der Waals surface area contributed by atoms with Crippen LogP contribution in [0.25, 0.3) is 0 Å². The molecule has 0 heterocycles. The summed E-state index contributed by atoms with van der Waals surface area (Å²) in [5, 5.41) is 67.7. The molecule has 0 radical (unpaired) electrons. The molecule has 0 saturated carbocycles. The van der Waals surface area contributed by atoms with E-state index in [1.54, 1.807) is 64.3 Å². The monoisotopic (exact) mass is 1120 g/mol. The van der Waals surface area contributed by atoms with Gasteiger partial charge in [-0.2, -0.15) is 11.8 Å². The Morgan fingerprint density at radius 3 is 1.40 bits per heavy atom. The van der Waals surface area contributed by atoms with Gasteiger partial charge in [0, 0.05) is 32.2 Å². The summed E-state index contributed by atoms with van der Waals surface area (Å²) in [6.07, 6.45) is -1.71. The molecule has 1 rings (SSSR count). The van der Waals surface area contributed by atoms with Crippen LogP contribution in [0.15, 0.2) is 30.3 Å². The van der Waals surface area contributed by atoms with E-state index in [9.17, 15) is 78.0 Å². The number of carbonyl (C=O) groups excluding carboxylic acids is 8. The molecule has 0 spiro atoms. The third kappa shape index (κ3) is 27.5. The van der Waals surface area contributed by atoms with Crippen LogP contribution in [-0.4, -0.2) is 170 Å². The lowest BCUT2D eigenvalue weighted by atomic mass is 9.99. The summed E-state index contributed by atoms with van der Waals surface area (Å²) in [6, 6.07) is -4.53. The molecule has 0 aliphatic rings. The first-order valence-corrected chi connectivity index (χ1v) is 26.6. The standard InChI is InChI=1S/C49H78N12O16S/c1-25(2)23-34(46(74)60-35(48(76)77)24-28-11-8-7-9-12-28)59-43(71)30(13-10-21-53-49(51)52)58-47(75)39(26(3)4)61-40(68)27(5)54-42(70)31(14-17-36(62)63)56-45(73)33(16-19-38(66)67)57-44(72)32(15-18-37(64)65)55-41(69)29(50)20-22-78-6/h7-9,11-12,25-27,29-35,39H,10,13-24,50H2,1-6H3,(H,54,70)(H,55,69)(H,56,73)(H,57,72)(H,58,75)(H,59,71)(H,60,74)(H,61,68)(H,62,63)(H,64,65)(H,66,67)(H,76,77)(H4,51,52,53)/t27-,29-,30-,31-,32-,33-,34-,35-,39-/m0/s1. The van der Waals surface area contributed by atoms with Crippen LogP contribution < -0.4 is 59.3 Å². The molecule has 29 heteroatoms. The molecule has 0 unspecified atom stereocenters. The number of carbonyl (C=O) groups is 12. The van der Waals surface area contributed by atoms with E-state index in [1.165, 1.54) is 18.7 Å². The van der Waals surface area contributed by atoms with Gasteiger partial charge < -0.3 is 79.7 Å². The van der Waals surface area contributed by atoms with Crippen molar-refractivity contribution < 1.29 is 78.0 Å². The molecule has 0 saturated heterocycles. The Balaban J connectivity index is 3.39. The van der Waals surface area contributed by atoms with Gasteiger partial charge in [-0.05, 0) is 81.3 Å². The van der Waals surface area contributed by atoms with Crippen molar-refractivity contribution in [1.82, 2.24) is 47.9 Å². The van der Waals surface area contributed by atoms with E-state index in [4.69, 9.17) is 16.9 Å². The highest BCUT2D eigenvalue weighted by atomic mass is 32.2. The van der Waals surface area contributed by atoms with Crippen LogP contribution in [0.4, 0.5) is 0 Å². The molecule has 0 fully saturated rings. The van der Waals surface area contributed by atoms with Crippen molar-refractivity contribution in [3.8, 4) is 0 Å². The van der Waals surface area contributed by atoms with Gasteiger partial charge in [-0.1, -0.05) is 58.0 Å². The van der Waals surface area contributed by atoms with Gasteiger partial charge in [-0.3, -0.25) is 58.1 Å². The first-order valence-electron chi connectivity index (χ1n) is 25.2. The number of nitrogens with one attached hydrogen (secondary N) is 10. The van der Waals surface area contributed by atoms with Gasteiger partial charge in [-0.25, -0.2) is 4.79 Å². The summed E-state index contributed by atoms with van der Waals surface area (Å²) >= 11 is 1.39. The van der Waals surface area contributed by atoms with Gasteiger partial charge >= 0.3 is 23.9 Å². The molecule has 1 aromatic rings. The number of aliphatic carboxylic acids is 4. The Kier molecular flexibility index (Phi) is 31.3. The van der Waals surface area contributed by atoms with Gasteiger partial charge in [0.2, 0.25) is 47.3 Å². The maximum atomic E-state index is 14.0. The molecule has 0 aliphatic heterocycles. The highest BCUT2D eigenvalue weighted by molar-refractivity contribution is 7.98. The zero-order valence-electron chi connectivity index (χ0n) is 44.7. The van der Waals surface area contributed by atoms with Crippen LogP contribution in [0, 0.1) is 17.2 Å². The first-order chi connectivity index (χ1) is 36.6. The van der Waals surface area contributed by atoms with Gasteiger partial charge in [-0.15, -0.1) is 0 Å². The van der Waals surface area contributed by atoms with Gasteiger partial charge in [0.05, 0.1) is 6.04 Å². The van der Waals surface area contributed by atoms with Crippen LogP contribution in [0.3, 0.4) is 0 Å². The molecular weight excluding hydrogens is 1040 g/mol. The maximum absolute atomic E-state index is 14.0. The lowest BCUT2D eigenvalue weighted by Gasteiger charge is -2.29. The number of hydrogen-bond acceptors (Lipinski definition) is 15. The minimum Gasteiger partial charge on any atom is -0.481 e. The second kappa shape index (κ2) is 35.7. The molecule has 436 valence electrons. The number of guanidine groups is 1. The molecule has 18 N–H and O–H groups in total. The fourth-order valence-corrected chi connectivity index (χ4v) is 7.85. The molecule has 8 amide bonds. The highest BCUT2D eigenvalue weighted by Gasteiger charge is 2.36. The third-order valence-electron chi connectivity index (χ3n) is 11.7. The Morgan fingerprint density at radius 1 is 0.538 bits per heavy atom. The summed E-state index contributed by atoms with van der Waals surface area (Å²) in [5.41, 5.74) is 12.0. The second-order valence-corrected chi connectivity index (χ2v) is 20.1. The predicted molar refractivity (Wildman–Crippen MR) is 284 cm³/mol. The van der Waals surface area contributed by atoms with E-state index in [0.29, 0.717) is 11.3 Å². The van der Waals surface area contributed by atoms with Crippen molar-refractivity contribution in [2.45, 2.75) is 160 Å². The number of hydrogen-bond donors (Lipinski definition) is 16. The summed E-state index contributed by atoms with van der Waals surface area (Å²) in [7, 11) is 0. The van der Waals surface area contributed by atoms with Gasteiger partial charge in [0.1, 0.15) is 48.3 Å².